The van der Waals surface area contributed by atoms with E-state index in [4.69, 9.17) is 9.47 Å². The van der Waals surface area contributed by atoms with Crippen LogP contribution in [-0.2, 0) is 4.74 Å². The molecular formula is C15H26IN3O2. The molecule has 0 spiro atoms. The maximum atomic E-state index is 5.79. The summed E-state index contributed by atoms with van der Waals surface area (Å²) in [5.74, 6) is 1.66. The molecule has 1 aromatic rings. The lowest BCUT2D eigenvalue weighted by molar-refractivity contribution is 0.195. The molecule has 0 amide bonds. The molecule has 1 aromatic carbocycles. The highest BCUT2D eigenvalue weighted by Gasteiger charge is 2.05. The first kappa shape index (κ1) is 20.0. The van der Waals surface area contributed by atoms with Crippen LogP contribution in [0.25, 0.3) is 0 Å². The van der Waals surface area contributed by atoms with E-state index in [1.807, 2.05) is 37.3 Å². The Labute approximate surface area is 144 Å². The second-order valence-corrected chi connectivity index (χ2v) is 4.47. The maximum Gasteiger partial charge on any atom is 0.191 e. The molecule has 2 N–H and O–H groups in total. The smallest absolute Gasteiger partial charge is 0.191 e. The Kier molecular flexibility index (Phi) is 12.1. The molecule has 1 atom stereocenters. The van der Waals surface area contributed by atoms with Gasteiger partial charge in [-0.25, -0.2) is 0 Å². The third kappa shape index (κ3) is 9.52. The van der Waals surface area contributed by atoms with Crippen LogP contribution in [0.15, 0.2) is 35.3 Å². The number of nitrogens with one attached hydrogen (secondary N) is 2. The minimum Gasteiger partial charge on any atom is -0.489 e. The Hall–Kier alpha value is -1.02. The topological polar surface area (TPSA) is 54.9 Å². The average Bonchev–Trinajstić information content (AvgIpc) is 2.47. The van der Waals surface area contributed by atoms with Gasteiger partial charge in [0, 0.05) is 27.3 Å². The normalized spacial score (nSPS) is 12.2. The number of para-hydroxylation sites is 1. The van der Waals surface area contributed by atoms with E-state index in [1.54, 1.807) is 14.2 Å². The fourth-order valence-electron chi connectivity index (χ4n) is 1.66. The van der Waals surface area contributed by atoms with Crippen molar-refractivity contribution in [3.8, 4) is 5.75 Å². The van der Waals surface area contributed by atoms with Gasteiger partial charge in [-0.15, -0.1) is 24.0 Å². The van der Waals surface area contributed by atoms with Crippen molar-refractivity contribution in [3.63, 3.8) is 0 Å². The van der Waals surface area contributed by atoms with Gasteiger partial charge >= 0.3 is 0 Å². The van der Waals surface area contributed by atoms with Crippen LogP contribution in [-0.4, -0.2) is 45.9 Å². The molecule has 0 saturated carbocycles. The molecule has 0 aliphatic heterocycles. The summed E-state index contributed by atoms with van der Waals surface area (Å²) in [7, 11) is 3.46. The maximum absolute atomic E-state index is 5.79. The van der Waals surface area contributed by atoms with E-state index in [1.165, 1.54) is 0 Å². The predicted molar refractivity (Wildman–Crippen MR) is 97.8 cm³/mol. The van der Waals surface area contributed by atoms with Crippen molar-refractivity contribution in [3.05, 3.63) is 30.3 Å². The highest BCUT2D eigenvalue weighted by Crippen LogP contribution is 2.10. The minimum atomic E-state index is 0. The number of methoxy groups -OCH3 is 1. The van der Waals surface area contributed by atoms with E-state index >= 15 is 0 Å². The number of nitrogens with zero attached hydrogens (tertiary/aromatic N) is 1. The van der Waals surface area contributed by atoms with E-state index in [0.717, 1.165) is 31.3 Å². The van der Waals surface area contributed by atoms with Crippen LogP contribution in [0.2, 0.25) is 0 Å². The molecule has 0 fully saturated rings. The lowest BCUT2D eigenvalue weighted by Gasteiger charge is -2.17. The minimum absolute atomic E-state index is 0. The summed E-state index contributed by atoms with van der Waals surface area (Å²) < 4.78 is 10.8. The molecule has 0 bridgehead atoms. The van der Waals surface area contributed by atoms with Gasteiger partial charge < -0.3 is 20.1 Å². The Balaban J connectivity index is 0.00000400. The number of aliphatic imine (C=N–C) groups is 1. The molecule has 1 unspecified atom stereocenters. The summed E-state index contributed by atoms with van der Waals surface area (Å²) in [6.07, 6.45) is 1.02. The first-order valence-corrected chi connectivity index (χ1v) is 6.91. The van der Waals surface area contributed by atoms with Gasteiger partial charge in [-0.05, 0) is 25.5 Å². The molecule has 0 saturated heterocycles. The van der Waals surface area contributed by atoms with Crippen LogP contribution in [0.3, 0.4) is 0 Å². The van der Waals surface area contributed by atoms with Crippen LogP contribution < -0.4 is 15.4 Å². The van der Waals surface area contributed by atoms with E-state index in [2.05, 4.69) is 15.6 Å². The van der Waals surface area contributed by atoms with E-state index < -0.39 is 0 Å². The molecule has 21 heavy (non-hydrogen) atoms. The van der Waals surface area contributed by atoms with Gasteiger partial charge in [0.2, 0.25) is 0 Å². The van der Waals surface area contributed by atoms with E-state index in [0.29, 0.717) is 6.54 Å². The second-order valence-electron chi connectivity index (χ2n) is 4.47. The van der Waals surface area contributed by atoms with Crippen molar-refractivity contribution < 1.29 is 9.47 Å². The SMILES string of the molecule is CN=C(NCCCOC)NCC(C)Oc1ccccc1.I. The molecule has 6 heteroatoms. The Morgan fingerprint density at radius 1 is 1.24 bits per heavy atom. The first-order chi connectivity index (χ1) is 9.76. The molecule has 5 nitrogen and oxygen atoms in total. The summed E-state index contributed by atoms with van der Waals surface area (Å²) in [6, 6.07) is 9.81. The average molecular weight is 407 g/mol. The third-order valence-electron chi connectivity index (χ3n) is 2.68. The number of rotatable bonds is 8. The predicted octanol–water partition coefficient (Wildman–Crippen LogP) is 2.27. The number of benzene rings is 1. The lowest BCUT2D eigenvalue weighted by Crippen LogP contribution is -2.42. The number of halogens is 1. The Morgan fingerprint density at radius 2 is 1.95 bits per heavy atom. The highest BCUT2D eigenvalue weighted by atomic mass is 127. The van der Waals surface area contributed by atoms with Gasteiger partial charge in [0.05, 0.1) is 6.54 Å². The van der Waals surface area contributed by atoms with Crippen molar-refractivity contribution >= 4 is 29.9 Å². The summed E-state index contributed by atoms with van der Waals surface area (Å²) in [6.45, 7) is 4.30. The van der Waals surface area contributed by atoms with Gasteiger partial charge in [0.15, 0.2) is 5.96 Å². The van der Waals surface area contributed by atoms with Gasteiger partial charge in [0.25, 0.3) is 0 Å². The zero-order valence-corrected chi connectivity index (χ0v) is 15.3. The molecule has 0 aliphatic carbocycles. The van der Waals surface area contributed by atoms with Crippen LogP contribution >= 0.6 is 24.0 Å². The molecule has 1 rings (SSSR count). The van der Waals surface area contributed by atoms with Crippen LogP contribution in [0.4, 0.5) is 0 Å². The number of hydrogen-bond acceptors (Lipinski definition) is 3. The molecule has 120 valence electrons. The number of ether oxygens (including phenoxy) is 2. The van der Waals surface area contributed by atoms with E-state index in [-0.39, 0.29) is 30.1 Å². The summed E-state index contributed by atoms with van der Waals surface area (Å²) in [4.78, 5) is 4.16. The van der Waals surface area contributed by atoms with Crippen molar-refractivity contribution in [2.75, 3.05) is 33.9 Å². The summed E-state index contributed by atoms with van der Waals surface area (Å²) >= 11 is 0. The number of hydrogen-bond donors (Lipinski definition) is 2. The molecule has 0 aromatic heterocycles. The van der Waals surface area contributed by atoms with Crippen LogP contribution in [0, 0.1) is 0 Å². The van der Waals surface area contributed by atoms with Crippen molar-refractivity contribution in [2.45, 2.75) is 19.4 Å². The second kappa shape index (κ2) is 12.7. The zero-order valence-electron chi connectivity index (χ0n) is 13.0. The quantitative estimate of drug-likeness (QED) is 0.301. The van der Waals surface area contributed by atoms with Crippen LogP contribution in [0.1, 0.15) is 13.3 Å². The first-order valence-electron chi connectivity index (χ1n) is 6.91. The monoisotopic (exact) mass is 407 g/mol. The van der Waals surface area contributed by atoms with Crippen molar-refractivity contribution in [1.29, 1.82) is 0 Å². The molecule has 0 aliphatic rings. The fourth-order valence-corrected chi connectivity index (χ4v) is 1.66. The fraction of sp³-hybridized carbons (Fsp3) is 0.533. The largest absolute Gasteiger partial charge is 0.489 e. The number of guanidine groups is 1. The Bertz CT molecular complexity index is 388. The molecule has 0 heterocycles. The highest BCUT2D eigenvalue weighted by molar-refractivity contribution is 14.0. The van der Waals surface area contributed by atoms with E-state index in [9.17, 15) is 0 Å². The molecule has 0 radical (unpaired) electrons. The Morgan fingerprint density at radius 3 is 2.57 bits per heavy atom. The van der Waals surface area contributed by atoms with Gasteiger partial charge in [-0.3, -0.25) is 4.99 Å². The lowest BCUT2D eigenvalue weighted by atomic mass is 10.3. The standard InChI is InChI=1S/C15H25N3O2.HI/c1-13(20-14-8-5-4-6-9-14)12-18-15(16-2)17-10-7-11-19-3;/h4-6,8-9,13H,7,10-12H2,1-3H3,(H2,16,17,18);1H. The van der Waals surface area contributed by atoms with Gasteiger partial charge in [0.1, 0.15) is 11.9 Å². The summed E-state index contributed by atoms with van der Waals surface area (Å²) in [5.41, 5.74) is 0. The van der Waals surface area contributed by atoms with Gasteiger partial charge in [-0.2, -0.15) is 0 Å². The van der Waals surface area contributed by atoms with Crippen molar-refractivity contribution in [1.82, 2.24) is 10.6 Å². The van der Waals surface area contributed by atoms with Gasteiger partial charge in [-0.1, -0.05) is 18.2 Å². The van der Waals surface area contributed by atoms with Crippen molar-refractivity contribution in [2.24, 2.45) is 4.99 Å². The summed E-state index contributed by atoms with van der Waals surface area (Å²) in [5, 5.41) is 6.47. The van der Waals surface area contributed by atoms with Crippen LogP contribution in [0.5, 0.6) is 5.75 Å². The third-order valence-corrected chi connectivity index (χ3v) is 2.68. The zero-order chi connectivity index (χ0) is 14.6. The molecular weight excluding hydrogens is 381 g/mol.